The lowest BCUT2D eigenvalue weighted by atomic mass is 10.00. The number of nitrogens with one attached hydrogen (secondary N) is 1. The number of fused-ring (bicyclic) bond motifs is 1. The fourth-order valence-electron chi connectivity index (χ4n) is 3.29. The number of para-hydroxylation sites is 1. The number of benzene rings is 1. The van der Waals surface area contributed by atoms with Crippen molar-refractivity contribution in [3.8, 4) is 0 Å². The normalized spacial score (nSPS) is 15.2. The maximum Gasteiger partial charge on any atom is 0.246 e. The number of carbonyl (C=O) groups is 1. The van der Waals surface area contributed by atoms with E-state index < -0.39 is 0 Å². The monoisotopic (exact) mass is 312 g/mol. The highest BCUT2D eigenvalue weighted by Gasteiger charge is 2.26. The van der Waals surface area contributed by atoms with Gasteiger partial charge in [-0.1, -0.05) is 18.2 Å². The Morgan fingerprint density at radius 1 is 1.30 bits per heavy atom. The van der Waals surface area contributed by atoms with Crippen LogP contribution in [0.5, 0.6) is 0 Å². The lowest BCUT2D eigenvalue weighted by Crippen LogP contribution is -2.44. The number of carbonyl (C=O) groups excluding carboxylic acids is 1. The van der Waals surface area contributed by atoms with Gasteiger partial charge in [0, 0.05) is 19.3 Å². The Labute approximate surface area is 137 Å². The summed E-state index contributed by atoms with van der Waals surface area (Å²) in [4.78, 5) is 14.9. The van der Waals surface area contributed by atoms with E-state index in [1.807, 2.05) is 33.9 Å². The van der Waals surface area contributed by atoms with Gasteiger partial charge in [-0.2, -0.15) is 5.10 Å². The Bertz CT molecular complexity index is 735. The number of hydrogen-bond donors (Lipinski definition) is 1. The molecule has 23 heavy (non-hydrogen) atoms. The SMILES string of the molecule is Cc1nn(C)c(C)c1NC(=O)[C@H](C)N1CCCc2ccccc21. The van der Waals surface area contributed by atoms with Crippen molar-refractivity contribution in [2.24, 2.45) is 7.05 Å². The number of aryl methyl sites for hydroxylation is 3. The molecule has 0 fully saturated rings. The van der Waals surface area contributed by atoms with Gasteiger partial charge in [-0.3, -0.25) is 9.48 Å². The van der Waals surface area contributed by atoms with Crippen LogP contribution in [-0.4, -0.2) is 28.3 Å². The van der Waals surface area contributed by atoms with Crippen molar-refractivity contribution in [3.63, 3.8) is 0 Å². The third-order valence-corrected chi connectivity index (χ3v) is 4.75. The molecule has 1 aliphatic heterocycles. The van der Waals surface area contributed by atoms with Crippen molar-refractivity contribution in [2.75, 3.05) is 16.8 Å². The van der Waals surface area contributed by atoms with Crippen LogP contribution in [0.3, 0.4) is 0 Å². The standard InChI is InChI=1S/C18H24N4O/c1-12-17(13(2)21(4)20-12)19-18(23)14(3)22-11-7-9-15-8-5-6-10-16(15)22/h5-6,8,10,14H,7,9,11H2,1-4H3,(H,19,23)/t14-/m0/s1. The number of anilines is 2. The van der Waals surface area contributed by atoms with Gasteiger partial charge in [0.15, 0.2) is 0 Å². The summed E-state index contributed by atoms with van der Waals surface area (Å²) in [6.45, 7) is 6.77. The lowest BCUT2D eigenvalue weighted by molar-refractivity contribution is -0.117. The molecule has 0 saturated carbocycles. The van der Waals surface area contributed by atoms with Gasteiger partial charge in [0.05, 0.1) is 17.1 Å². The van der Waals surface area contributed by atoms with E-state index in [9.17, 15) is 4.79 Å². The first kappa shape index (κ1) is 15.6. The van der Waals surface area contributed by atoms with E-state index in [-0.39, 0.29) is 11.9 Å². The van der Waals surface area contributed by atoms with Crippen LogP contribution in [0.4, 0.5) is 11.4 Å². The van der Waals surface area contributed by atoms with Crippen LogP contribution in [-0.2, 0) is 18.3 Å². The van der Waals surface area contributed by atoms with Crippen molar-refractivity contribution in [1.82, 2.24) is 9.78 Å². The third-order valence-electron chi connectivity index (χ3n) is 4.75. The van der Waals surface area contributed by atoms with Gasteiger partial charge in [0.2, 0.25) is 5.91 Å². The molecule has 0 spiro atoms. The molecule has 0 bridgehead atoms. The highest BCUT2D eigenvalue weighted by atomic mass is 16.2. The van der Waals surface area contributed by atoms with Gasteiger partial charge in [-0.05, 0) is 45.2 Å². The number of nitrogens with zero attached hydrogens (tertiary/aromatic N) is 3. The van der Waals surface area contributed by atoms with Crippen molar-refractivity contribution in [2.45, 2.75) is 39.7 Å². The summed E-state index contributed by atoms with van der Waals surface area (Å²) in [6.07, 6.45) is 2.17. The van der Waals surface area contributed by atoms with Gasteiger partial charge in [-0.25, -0.2) is 0 Å². The fraction of sp³-hybridized carbons (Fsp3) is 0.444. The average Bonchev–Trinajstić information content (AvgIpc) is 2.80. The van der Waals surface area contributed by atoms with Crippen molar-refractivity contribution < 1.29 is 4.79 Å². The Balaban J connectivity index is 1.81. The Morgan fingerprint density at radius 3 is 2.74 bits per heavy atom. The largest absolute Gasteiger partial charge is 0.360 e. The van der Waals surface area contributed by atoms with Crippen LogP contribution >= 0.6 is 0 Å². The maximum absolute atomic E-state index is 12.7. The minimum Gasteiger partial charge on any atom is -0.360 e. The molecule has 1 amide bonds. The summed E-state index contributed by atoms with van der Waals surface area (Å²) in [7, 11) is 1.89. The van der Waals surface area contributed by atoms with E-state index in [1.54, 1.807) is 4.68 Å². The van der Waals surface area contributed by atoms with E-state index in [0.29, 0.717) is 0 Å². The van der Waals surface area contributed by atoms with Crippen molar-refractivity contribution in [1.29, 1.82) is 0 Å². The molecule has 1 aromatic heterocycles. The number of hydrogen-bond acceptors (Lipinski definition) is 3. The smallest absolute Gasteiger partial charge is 0.246 e. The molecule has 2 aromatic rings. The molecule has 3 rings (SSSR count). The van der Waals surface area contributed by atoms with Crippen LogP contribution < -0.4 is 10.2 Å². The lowest BCUT2D eigenvalue weighted by Gasteiger charge is -2.35. The minimum atomic E-state index is -0.213. The molecule has 5 nitrogen and oxygen atoms in total. The zero-order chi connectivity index (χ0) is 16.6. The van der Waals surface area contributed by atoms with Crippen LogP contribution in [0.25, 0.3) is 0 Å². The molecule has 0 saturated heterocycles. The van der Waals surface area contributed by atoms with Crippen LogP contribution in [0.2, 0.25) is 0 Å². The van der Waals surface area contributed by atoms with Gasteiger partial charge >= 0.3 is 0 Å². The van der Waals surface area contributed by atoms with Gasteiger partial charge in [0.25, 0.3) is 0 Å². The van der Waals surface area contributed by atoms with Gasteiger partial charge in [-0.15, -0.1) is 0 Å². The number of amides is 1. The highest BCUT2D eigenvalue weighted by Crippen LogP contribution is 2.29. The summed E-state index contributed by atoms with van der Waals surface area (Å²) in [6, 6.07) is 8.16. The summed E-state index contributed by atoms with van der Waals surface area (Å²) >= 11 is 0. The first-order chi connectivity index (χ1) is 11.0. The van der Waals surface area contributed by atoms with Crippen LogP contribution in [0.1, 0.15) is 30.3 Å². The zero-order valence-electron chi connectivity index (χ0n) is 14.3. The second kappa shape index (κ2) is 6.07. The van der Waals surface area contributed by atoms with E-state index in [1.165, 1.54) is 11.3 Å². The summed E-state index contributed by atoms with van der Waals surface area (Å²) in [5.41, 5.74) is 5.16. The molecule has 5 heteroatoms. The average molecular weight is 312 g/mol. The molecule has 1 aromatic carbocycles. The molecule has 0 unspecified atom stereocenters. The number of aromatic nitrogens is 2. The molecule has 1 atom stereocenters. The van der Waals surface area contributed by atoms with E-state index >= 15 is 0 Å². The molecule has 122 valence electrons. The number of rotatable bonds is 3. The predicted octanol–water partition coefficient (Wildman–Crippen LogP) is 2.82. The van der Waals surface area contributed by atoms with E-state index in [0.717, 1.165) is 36.5 Å². The fourth-order valence-corrected chi connectivity index (χ4v) is 3.29. The highest BCUT2D eigenvalue weighted by molar-refractivity contribution is 5.97. The molecule has 0 radical (unpaired) electrons. The molecular weight excluding hydrogens is 288 g/mol. The summed E-state index contributed by atoms with van der Waals surface area (Å²) in [5, 5.41) is 7.42. The Hall–Kier alpha value is -2.30. The second-order valence-corrected chi connectivity index (χ2v) is 6.26. The first-order valence-electron chi connectivity index (χ1n) is 8.14. The molecule has 1 aliphatic rings. The molecule has 1 N–H and O–H groups in total. The Morgan fingerprint density at radius 2 is 2.04 bits per heavy atom. The third kappa shape index (κ3) is 2.83. The quantitative estimate of drug-likeness (QED) is 0.948. The molecular formula is C18H24N4O. The van der Waals surface area contributed by atoms with Crippen LogP contribution in [0, 0.1) is 13.8 Å². The van der Waals surface area contributed by atoms with Crippen molar-refractivity contribution >= 4 is 17.3 Å². The Kier molecular flexibility index (Phi) is 4.11. The predicted molar refractivity (Wildman–Crippen MR) is 92.9 cm³/mol. The van der Waals surface area contributed by atoms with Crippen LogP contribution in [0.15, 0.2) is 24.3 Å². The van der Waals surface area contributed by atoms with E-state index in [4.69, 9.17) is 0 Å². The summed E-state index contributed by atoms with van der Waals surface area (Å²) < 4.78 is 1.80. The summed E-state index contributed by atoms with van der Waals surface area (Å²) in [5.74, 6) is 0.0147. The first-order valence-corrected chi connectivity index (χ1v) is 8.14. The second-order valence-electron chi connectivity index (χ2n) is 6.26. The maximum atomic E-state index is 12.7. The van der Waals surface area contributed by atoms with Crippen molar-refractivity contribution in [3.05, 3.63) is 41.2 Å². The zero-order valence-corrected chi connectivity index (χ0v) is 14.3. The van der Waals surface area contributed by atoms with Gasteiger partial charge < -0.3 is 10.2 Å². The van der Waals surface area contributed by atoms with E-state index in [2.05, 4.69) is 33.5 Å². The molecule has 2 heterocycles. The molecule has 0 aliphatic carbocycles. The minimum absolute atomic E-state index is 0.0147. The topological polar surface area (TPSA) is 50.2 Å². The van der Waals surface area contributed by atoms with Gasteiger partial charge in [0.1, 0.15) is 6.04 Å².